The van der Waals surface area contributed by atoms with Crippen LogP contribution in [0.15, 0.2) is 78.5 Å². The molecule has 0 aliphatic rings. The molecule has 0 spiro atoms. The van der Waals surface area contributed by atoms with Crippen LogP contribution in [0.25, 0.3) is 11.4 Å². The number of aromatic nitrogens is 3. The first kappa shape index (κ1) is 20.3. The minimum atomic E-state index is -0.676. The molecule has 3 aromatic rings. The number of amides is 3. The van der Waals surface area contributed by atoms with Crippen LogP contribution in [0.3, 0.4) is 0 Å². The fourth-order valence-corrected chi connectivity index (χ4v) is 3.76. The molecule has 1 aromatic heterocycles. The Morgan fingerprint density at radius 2 is 1.76 bits per heavy atom. The number of carbonyl (C=O) groups excluding carboxylic acids is 2. The fourth-order valence-electron chi connectivity index (χ4n) is 2.72. The van der Waals surface area contributed by atoms with Crippen molar-refractivity contribution in [3.63, 3.8) is 0 Å². The largest absolute Gasteiger partial charge is 0.341 e. The molecule has 0 bridgehead atoms. The van der Waals surface area contributed by atoms with Crippen molar-refractivity contribution in [3.8, 4) is 11.4 Å². The van der Waals surface area contributed by atoms with Gasteiger partial charge in [0.1, 0.15) is 5.25 Å². The summed E-state index contributed by atoms with van der Waals surface area (Å²) >= 11 is 1.23. The summed E-state index contributed by atoms with van der Waals surface area (Å²) in [5.41, 5.74) is 1.67. The first-order valence-electron chi connectivity index (χ1n) is 8.97. The second-order valence-corrected chi connectivity index (χ2v) is 7.12. The molecule has 2 aromatic carbocycles. The van der Waals surface area contributed by atoms with Crippen molar-refractivity contribution >= 4 is 23.7 Å². The molecule has 0 aliphatic carbocycles. The molecule has 29 heavy (non-hydrogen) atoms. The van der Waals surface area contributed by atoms with E-state index in [0.29, 0.717) is 17.5 Å². The third kappa shape index (κ3) is 4.91. The summed E-state index contributed by atoms with van der Waals surface area (Å²) in [6.45, 7) is 4.30. The highest BCUT2D eigenvalue weighted by Gasteiger charge is 2.26. The molecule has 2 N–H and O–H groups in total. The Morgan fingerprint density at radius 3 is 2.38 bits per heavy atom. The summed E-state index contributed by atoms with van der Waals surface area (Å²) < 4.78 is 1.90. The molecule has 0 saturated carbocycles. The minimum Gasteiger partial charge on any atom is -0.341 e. The van der Waals surface area contributed by atoms with E-state index < -0.39 is 17.2 Å². The molecular weight excluding hydrogens is 386 g/mol. The van der Waals surface area contributed by atoms with E-state index >= 15 is 0 Å². The van der Waals surface area contributed by atoms with Crippen molar-refractivity contribution in [1.82, 2.24) is 25.4 Å². The second kappa shape index (κ2) is 9.70. The lowest BCUT2D eigenvalue weighted by molar-refractivity contribution is -0.119. The van der Waals surface area contributed by atoms with E-state index in [0.717, 1.165) is 11.1 Å². The predicted octanol–water partition coefficient (Wildman–Crippen LogP) is 3.42. The third-order valence-corrected chi connectivity index (χ3v) is 5.32. The minimum absolute atomic E-state index is 0.435. The van der Waals surface area contributed by atoms with Gasteiger partial charge in [-0.2, -0.15) is 0 Å². The highest BCUT2D eigenvalue weighted by molar-refractivity contribution is 8.00. The van der Waals surface area contributed by atoms with Crippen molar-refractivity contribution in [3.05, 3.63) is 78.9 Å². The van der Waals surface area contributed by atoms with Crippen LogP contribution in [0.4, 0.5) is 4.79 Å². The highest BCUT2D eigenvalue weighted by atomic mass is 32.2. The Kier molecular flexibility index (Phi) is 6.80. The van der Waals surface area contributed by atoms with Crippen molar-refractivity contribution in [1.29, 1.82) is 0 Å². The van der Waals surface area contributed by atoms with Crippen LogP contribution in [0.1, 0.15) is 10.8 Å². The molecule has 1 heterocycles. The average Bonchev–Trinajstić information content (AvgIpc) is 3.15. The van der Waals surface area contributed by atoms with Crippen LogP contribution < -0.4 is 10.6 Å². The summed E-state index contributed by atoms with van der Waals surface area (Å²) in [6, 6.07) is 18.4. The van der Waals surface area contributed by atoms with E-state index in [2.05, 4.69) is 27.4 Å². The summed E-state index contributed by atoms with van der Waals surface area (Å²) in [5.74, 6) is 0.251. The number of benzene rings is 2. The van der Waals surface area contributed by atoms with Gasteiger partial charge in [0.2, 0.25) is 5.91 Å². The fraction of sp³-hybridized carbons (Fsp3) is 0.143. The topological polar surface area (TPSA) is 88.9 Å². The lowest BCUT2D eigenvalue weighted by atomic mass is 10.1. The maximum atomic E-state index is 12.8. The molecule has 0 fully saturated rings. The zero-order chi connectivity index (χ0) is 20.6. The predicted molar refractivity (Wildman–Crippen MR) is 113 cm³/mol. The number of hydrogen-bond donors (Lipinski definition) is 2. The molecule has 3 rings (SSSR count). The quantitative estimate of drug-likeness (QED) is 0.463. The van der Waals surface area contributed by atoms with E-state index in [9.17, 15) is 9.59 Å². The van der Waals surface area contributed by atoms with Gasteiger partial charge in [-0.3, -0.25) is 14.7 Å². The van der Waals surface area contributed by atoms with Crippen LogP contribution in [-0.4, -0.2) is 33.8 Å². The molecule has 0 aliphatic heterocycles. The molecule has 148 valence electrons. The Labute approximate surface area is 173 Å². The number of rotatable bonds is 7. The molecule has 8 heteroatoms. The van der Waals surface area contributed by atoms with Crippen LogP contribution in [0.5, 0.6) is 0 Å². The van der Waals surface area contributed by atoms with E-state index in [-0.39, 0.29) is 0 Å². The number of imide groups is 1. The van der Waals surface area contributed by atoms with Gasteiger partial charge >= 0.3 is 6.03 Å². The van der Waals surface area contributed by atoms with E-state index in [1.807, 2.05) is 65.2 Å². The number of carbonyl (C=O) groups is 2. The van der Waals surface area contributed by atoms with Gasteiger partial charge in [-0.1, -0.05) is 78.5 Å². The molecule has 3 amide bonds. The van der Waals surface area contributed by atoms with Crippen LogP contribution >= 0.6 is 11.8 Å². The molecule has 1 atom stereocenters. The molecule has 0 radical (unpaired) electrons. The lowest BCUT2D eigenvalue weighted by Gasteiger charge is -2.16. The van der Waals surface area contributed by atoms with Crippen LogP contribution in [0, 0.1) is 0 Å². The smallest absolute Gasteiger partial charge is 0.321 e. The number of hydrogen-bond acceptors (Lipinski definition) is 5. The van der Waals surface area contributed by atoms with Gasteiger partial charge in [0.05, 0.1) is 0 Å². The normalized spacial score (nSPS) is 11.5. The van der Waals surface area contributed by atoms with Gasteiger partial charge in [-0.05, 0) is 5.56 Å². The number of nitrogens with zero attached hydrogens (tertiary/aromatic N) is 3. The number of allylic oxidation sites excluding steroid dienone is 1. The number of nitrogens with one attached hydrogen (secondary N) is 2. The Bertz CT molecular complexity index is 989. The van der Waals surface area contributed by atoms with Gasteiger partial charge in [0.25, 0.3) is 0 Å². The van der Waals surface area contributed by atoms with Crippen molar-refractivity contribution in [2.24, 2.45) is 0 Å². The maximum Gasteiger partial charge on any atom is 0.321 e. The van der Waals surface area contributed by atoms with Crippen molar-refractivity contribution in [2.75, 3.05) is 7.05 Å². The van der Waals surface area contributed by atoms with Gasteiger partial charge in [-0.15, -0.1) is 16.8 Å². The van der Waals surface area contributed by atoms with Crippen molar-refractivity contribution < 1.29 is 9.59 Å². The van der Waals surface area contributed by atoms with Gasteiger partial charge in [0, 0.05) is 19.2 Å². The molecule has 0 saturated heterocycles. The average molecular weight is 407 g/mol. The lowest BCUT2D eigenvalue weighted by Crippen LogP contribution is -2.39. The highest BCUT2D eigenvalue weighted by Crippen LogP contribution is 2.36. The van der Waals surface area contributed by atoms with Crippen LogP contribution in [0.2, 0.25) is 0 Å². The first-order valence-corrected chi connectivity index (χ1v) is 9.85. The molecule has 7 nitrogen and oxygen atoms in total. The standard InChI is InChI=1S/C21H21N5O2S/c1-3-14-26-18(16-12-8-5-9-13-16)24-25-21(26)29-17(15-10-6-4-7-11-15)19(27)23-20(28)22-2/h3-13,17H,1,14H2,2H3,(H2,22,23,27,28). The summed E-state index contributed by atoms with van der Waals surface area (Å²) in [6.07, 6.45) is 1.75. The second-order valence-electron chi connectivity index (χ2n) is 6.05. The SMILES string of the molecule is C=CCn1c(SC(C(=O)NC(=O)NC)c2ccccc2)nnc1-c1ccccc1. The zero-order valence-corrected chi connectivity index (χ0v) is 16.7. The number of thioether (sulfide) groups is 1. The van der Waals surface area contributed by atoms with Gasteiger partial charge in [-0.25, -0.2) is 4.79 Å². The Balaban J connectivity index is 1.97. The van der Waals surface area contributed by atoms with E-state index in [1.165, 1.54) is 18.8 Å². The Morgan fingerprint density at radius 1 is 1.10 bits per heavy atom. The van der Waals surface area contributed by atoms with Crippen LogP contribution in [-0.2, 0) is 11.3 Å². The zero-order valence-electron chi connectivity index (χ0n) is 15.9. The van der Waals surface area contributed by atoms with Crippen molar-refractivity contribution in [2.45, 2.75) is 17.0 Å². The van der Waals surface area contributed by atoms with Gasteiger partial charge < -0.3 is 5.32 Å². The molecular formula is C21H21N5O2S. The monoisotopic (exact) mass is 407 g/mol. The molecule has 1 unspecified atom stereocenters. The summed E-state index contributed by atoms with van der Waals surface area (Å²) in [5, 5.41) is 13.3. The van der Waals surface area contributed by atoms with E-state index in [1.54, 1.807) is 6.08 Å². The van der Waals surface area contributed by atoms with E-state index in [4.69, 9.17) is 0 Å². The summed E-state index contributed by atoms with van der Waals surface area (Å²) in [7, 11) is 1.46. The third-order valence-electron chi connectivity index (χ3n) is 4.09. The summed E-state index contributed by atoms with van der Waals surface area (Å²) in [4.78, 5) is 24.5. The van der Waals surface area contributed by atoms with Gasteiger partial charge in [0.15, 0.2) is 11.0 Å². The maximum absolute atomic E-state index is 12.8. The first-order chi connectivity index (χ1) is 14.1. The number of urea groups is 1. The Hall–Kier alpha value is -3.39.